The van der Waals surface area contributed by atoms with E-state index >= 15 is 0 Å². The predicted octanol–water partition coefficient (Wildman–Crippen LogP) is 3.48. The van der Waals surface area contributed by atoms with Crippen LogP contribution in [0.1, 0.15) is 10.4 Å². The van der Waals surface area contributed by atoms with Gasteiger partial charge < -0.3 is 9.84 Å². The summed E-state index contributed by atoms with van der Waals surface area (Å²) in [4.78, 5) is 11.2. The minimum atomic E-state index is -1.37. The van der Waals surface area contributed by atoms with E-state index in [2.05, 4.69) is 0 Å². The second-order valence-electron chi connectivity index (χ2n) is 3.96. The molecule has 0 saturated heterocycles. The number of aromatic carboxylic acids is 1. The molecule has 2 aromatic carbocycles. The van der Waals surface area contributed by atoms with Crippen LogP contribution in [0.5, 0.6) is 5.75 Å². The molecule has 0 spiro atoms. The van der Waals surface area contributed by atoms with Gasteiger partial charge in [0.05, 0.1) is 18.2 Å². The number of carbonyl (C=O) groups is 1. The van der Waals surface area contributed by atoms with Crippen molar-refractivity contribution in [3.8, 4) is 16.9 Å². The molecule has 0 atom stereocenters. The predicted molar refractivity (Wildman–Crippen MR) is 65.3 cm³/mol. The summed E-state index contributed by atoms with van der Waals surface area (Å²) in [6.45, 7) is 0. The van der Waals surface area contributed by atoms with Crippen molar-refractivity contribution in [1.29, 1.82) is 0 Å². The van der Waals surface area contributed by atoms with E-state index in [0.717, 1.165) is 6.07 Å². The number of hydrogen-bond acceptors (Lipinski definition) is 2. The number of carboxylic acids is 1. The third-order valence-electron chi connectivity index (χ3n) is 2.73. The Balaban J connectivity index is 2.73. The molecule has 0 heterocycles. The van der Waals surface area contributed by atoms with Crippen molar-refractivity contribution in [2.45, 2.75) is 0 Å². The quantitative estimate of drug-likeness (QED) is 0.937. The number of ether oxygens (including phenoxy) is 1. The summed E-state index contributed by atoms with van der Waals surface area (Å²) < 4.78 is 45.2. The second kappa shape index (κ2) is 5.24. The maximum Gasteiger partial charge on any atom is 0.336 e. The molecule has 0 amide bonds. The summed E-state index contributed by atoms with van der Waals surface area (Å²) in [5.41, 5.74) is -1.12. The number of hydrogen-bond donors (Lipinski definition) is 1. The molecule has 0 fully saturated rings. The molecule has 0 aliphatic carbocycles. The molecule has 0 radical (unpaired) electrons. The van der Waals surface area contributed by atoms with Gasteiger partial charge in [0.1, 0.15) is 23.2 Å². The van der Waals surface area contributed by atoms with Crippen LogP contribution < -0.4 is 4.74 Å². The molecule has 2 aromatic rings. The molecule has 1 N–H and O–H groups in total. The van der Waals surface area contributed by atoms with Crippen LogP contribution in [-0.4, -0.2) is 18.2 Å². The van der Waals surface area contributed by atoms with E-state index in [9.17, 15) is 18.0 Å². The van der Waals surface area contributed by atoms with Gasteiger partial charge in [0.25, 0.3) is 0 Å². The molecule has 6 heteroatoms. The van der Waals surface area contributed by atoms with Crippen molar-refractivity contribution in [2.75, 3.05) is 7.11 Å². The van der Waals surface area contributed by atoms with Gasteiger partial charge in [-0.25, -0.2) is 18.0 Å². The van der Waals surface area contributed by atoms with Crippen LogP contribution in [0.25, 0.3) is 11.1 Å². The van der Waals surface area contributed by atoms with E-state index in [1.54, 1.807) is 0 Å². The lowest BCUT2D eigenvalue weighted by molar-refractivity contribution is 0.0697. The van der Waals surface area contributed by atoms with Crippen LogP contribution in [0.3, 0.4) is 0 Å². The lowest BCUT2D eigenvalue weighted by Crippen LogP contribution is -2.03. The number of halogens is 3. The van der Waals surface area contributed by atoms with Gasteiger partial charge >= 0.3 is 5.97 Å². The second-order valence-corrected chi connectivity index (χ2v) is 3.96. The maximum atomic E-state index is 13.7. The molecule has 0 aliphatic heterocycles. The Labute approximate surface area is 112 Å². The fourth-order valence-electron chi connectivity index (χ4n) is 1.84. The van der Waals surface area contributed by atoms with Gasteiger partial charge in [-0.3, -0.25) is 0 Å². The Kier molecular flexibility index (Phi) is 3.65. The third-order valence-corrected chi connectivity index (χ3v) is 2.73. The van der Waals surface area contributed by atoms with E-state index < -0.39 is 29.0 Å². The highest BCUT2D eigenvalue weighted by atomic mass is 19.1. The van der Waals surface area contributed by atoms with Gasteiger partial charge in [0, 0.05) is 17.7 Å². The highest BCUT2D eigenvalue weighted by molar-refractivity contribution is 5.96. The summed E-state index contributed by atoms with van der Waals surface area (Å²) in [5, 5.41) is 9.11. The van der Waals surface area contributed by atoms with Gasteiger partial charge in [0.2, 0.25) is 0 Å². The Morgan fingerprint density at radius 1 is 1.10 bits per heavy atom. The van der Waals surface area contributed by atoms with Gasteiger partial charge in [-0.05, 0) is 18.2 Å². The zero-order valence-corrected chi connectivity index (χ0v) is 10.3. The van der Waals surface area contributed by atoms with E-state index in [1.165, 1.54) is 19.2 Å². The van der Waals surface area contributed by atoms with Crippen LogP contribution in [0.2, 0.25) is 0 Å². The summed E-state index contributed by atoms with van der Waals surface area (Å²) in [7, 11) is 1.33. The first-order valence-electron chi connectivity index (χ1n) is 5.50. The highest BCUT2D eigenvalue weighted by Gasteiger charge is 2.20. The third kappa shape index (κ3) is 2.45. The van der Waals surface area contributed by atoms with Crippen LogP contribution >= 0.6 is 0 Å². The van der Waals surface area contributed by atoms with Crippen LogP contribution in [0.4, 0.5) is 13.2 Å². The molecule has 0 aromatic heterocycles. The molecule has 20 heavy (non-hydrogen) atoms. The Hall–Kier alpha value is -2.50. The number of rotatable bonds is 3. The van der Waals surface area contributed by atoms with Crippen molar-refractivity contribution in [3.63, 3.8) is 0 Å². The smallest absolute Gasteiger partial charge is 0.336 e. The van der Waals surface area contributed by atoms with Crippen LogP contribution in [0.15, 0.2) is 30.3 Å². The molecule has 0 aliphatic rings. The van der Waals surface area contributed by atoms with Crippen molar-refractivity contribution >= 4 is 5.97 Å². The van der Waals surface area contributed by atoms with Crippen molar-refractivity contribution in [1.82, 2.24) is 0 Å². The summed E-state index contributed by atoms with van der Waals surface area (Å²) >= 11 is 0. The van der Waals surface area contributed by atoms with Gasteiger partial charge in [-0.1, -0.05) is 0 Å². The minimum absolute atomic E-state index is 0.187. The Morgan fingerprint density at radius 3 is 2.20 bits per heavy atom. The fourth-order valence-corrected chi connectivity index (χ4v) is 1.84. The molecule has 2 rings (SSSR count). The lowest BCUT2D eigenvalue weighted by atomic mass is 9.98. The average Bonchev–Trinajstić information content (AvgIpc) is 2.37. The first kappa shape index (κ1) is 13.9. The minimum Gasteiger partial charge on any atom is -0.497 e. The van der Waals surface area contributed by atoms with Gasteiger partial charge in [0.15, 0.2) is 0 Å². The van der Waals surface area contributed by atoms with E-state index in [1.807, 2.05) is 0 Å². The summed E-state index contributed by atoms with van der Waals surface area (Å²) in [6.07, 6.45) is 0. The molecule has 104 valence electrons. The van der Waals surface area contributed by atoms with Crippen LogP contribution in [0, 0.1) is 17.5 Å². The van der Waals surface area contributed by atoms with E-state index in [4.69, 9.17) is 9.84 Å². The number of carboxylic acid groups (broad SMARTS) is 1. The van der Waals surface area contributed by atoms with E-state index in [0.29, 0.717) is 12.1 Å². The summed E-state index contributed by atoms with van der Waals surface area (Å²) in [6, 6.07) is 4.70. The van der Waals surface area contributed by atoms with Gasteiger partial charge in [-0.2, -0.15) is 0 Å². The standard InChI is InChI=1S/C14H9F3O3/c1-20-8-2-3-9(10(6-8)14(18)19)13-11(16)4-7(15)5-12(13)17/h2-6H,1H3,(H,18,19). The topological polar surface area (TPSA) is 46.5 Å². The number of benzene rings is 2. The molecule has 0 bridgehead atoms. The highest BCUT2D eigenvalue weighted by Crippen LogP contribution is 2.32. The van der Waals surface area contributed by atoms with E-state index in [-0.39, 0.29) is 16.9 Å². The zero-order valence-electron chi connectivity index (χ0n) is 10.3. The first-order valence-corrected chi connectivity index (χ1v) is 5.50. The maximum absolute atomic E-state index is 13.7. The summed E-state index contributed by atoms with van der Waals surface area (Å²) in [5.74, 6) is -4.56. The normalized spacial score (nSPS) is 10.4. The number of methoxy groups -OCH3 is 1. The fraction of sp³-hybridized carbons (Fsp3) is 0.0714. The average molecular weight is 282 g/mol. The first-order chi connectivity index (χ1) is 9.43. The molecule has 0 unspecified atom stereocenters. The van der Waals surface area contributed by atoms with Crippen molar-refractivity contribution < 1.29 is 27.8 Å². The monoisotopic (exact) mass is 282 g/mol. The largest absolute Gasteiger partial charge is 0.497 e. The molecule has 3 nitrogen and oxygen atoms in total. The Morgan fingerprint density at radius 2 is 1.70 bits per heavy atom. The zero-order chi connectivity index (χ0) is 14.9. The molecular formula is C14H9F3O3. The molecule has 0 saturated carbocycles. The van der Waals surface area contributed by atoms with Crippen molar-refractivity contribution in [2.24, 2.45) is 0 Å². The lowest BCUT2D eigenvalue weighted by Gasteiger charge is -2.10. The SMILES string of the molecule is COc1ccc(-c2c(F)cc(F)cc2F)c(C(=O)O)c1. The van der Waals surface area contributed by atoms with Crippen molar-refractivity contribution in [3.05, 3.63) is 53.3 Å². The van der Waals surface area contributed by atoms with Gasteiger partial charge in [-0.15, -0.1) is 0 Å². The molecular weight excluding hydrogens is 273 g/mol. The Bertz CT molecular complexity index is 660. The van der Waals surface area contributed by atoms with Crippen LogP contribution in [-0.2, 0) is 0 Å².